The molecule has 3 aromatic rings. The summed E-state index contributed by atoms with van der Waals surface area (Å²) < 4.78 is 0. The van der Waals surface area contributed by atoms with Gasteiger partial charge in [-0.1, -0.05) is 24.3 Å². The smallest absolute Gasteiger partial charge is 0.226 e. The van der Waals surface area contributed by atoms with Crippen LogP contribution in [0.2, 0.25) is 0 Å². The molecule has 4 rings (SSSR count). The molecule has 0 spiro atoms. The number of hydrogen-bond acceptors (Lipinski definition) is 3. The van der Waals surface area contributed by atoms with E-state index in [0.29, 0.717) is 18.1 Å². The molecule has 30 heavy (non-hydrogen) atoms. The molecule has 1 fully saturated rings. The number of aryl methyl sites for hydroxylation is 2. The van der Waals surface area contributed by atoms with Crippen molar-refractivity contribution in [3.05, 3.63) is 83.4 Å². The number of amides is 1. The van der Waals surface area contributed by atoms with Crippen LogP contribution >= 0.6 is 12.2 Å². The first kappa shape index (κ1) is 20.1. The summed E-state index contributed by atoms with van der Waals surface area (Å²) in [5, 5.41) is 7.01. The van der Waals surface area contributed by atoms with Crippen LogP contribution in [0.5, 0.6) is 0 Å². The molecule has 0 bridgehead atoms. The molecule has 7 heteroatoms. The number of hydrogen-bond donors (Lipinski definition) is 3. The fourth-order valence-electron chi connectivity index (χ4n) is 4.00. The molecule has 1 aromatic carbocycles. The molecular formula is C23H25N5OS. The highest BCUT2D eigenvalue weighted by Crippen LogP contribution is 2.40. The first-order valence-electron chi connectivity index (χ1n) is 10.0. The Balaban J connectivity index is 1.56. The lowest BCUT2D eigenvalue weighted by atomic mass is 9.96. The predicted molar refractivity (Wildman–Crippen MR) is 122 cm³/mol. The molecule has 6 nitrogen and oxygen atoms in total. The van der Waals surface area contributed by atoms with Gasteiger partial charge >= 0.3 is 0 Å². The lowest BCUT2D eigenvalue weighted by molar-refractivity contribution is -0.116. The predicted octanol–water partition coefficient (Wildman–Crippen LogP) is 4.03. The number of aromatic amines is 1. The minimum atomic E-state index is -0.0789. The van der Waals surface area contributed by atoms with Crippen LogP contribution in [-0.4, -0.2) is 32.4 Å². The van der Waals surface area contributed by atoms with Gasteiger partial charge in [0.05, 0.1) is 17.8 Å². The number of rotatable bonds is 6. The van der Waals surface area contributed by atoms with Crippen molar-refractivity contribution >= 4 is 28.9 Å². The summed E-state index contributed by atoms with van der Waals surface area (Å²) in [5.74, 6) is -0.0361. The summed E-state index contributed by atoms with van der Waals surface area (Å²) >= 11 is 5.67. The van der Waals surface area contributed by atoms with Gasteiger partial charge in [-0.25, -0.2) is 0 Å². The average Bonchev–Trinajstić information content (AvgIpc) is 3.25. The molecule has 1 aliphatic rings. The summed E-state index contributed by atoms with van der Waals surface area (Å²) in [6.07, 6.45) is 2.13. The van der Waals surface area contributed by atoms with Crippen molar-refractivity contribution in [3.63, 3.8) is 0 Å². The van der Waals surface area contributed by atoms with Crippen LogP contribution in [0.25, 0.3) is 0 Å². The topological polar surface area (TPSA) is 73.1 Å². The summed E-state index contributed by atoms with van der Waals surface area (Å²) in [4.78, 5) is 22.6. The van der Waals surface area contributed by atoms with Crippen molar-refractivity contribution in [1.29, 1.82) is 0 Å². The molecule has 2 aromatic heterocycles. The first-order chi connectivity index (χ1) is 14.5. The normalized spacial score (nSPS) is 18.3. The Kier molecular flexibility index (Phi) is 5.81. The minimum Gasteiger partial charge on any atom is -0.362 e. The van der Waals surface area contributed by atoms with E-state index in [2.05, 4.69) is 38.5 Å². The Morgan fingerprint density at radius 3 is 2.60 bits per heavy atom. The maximum absolute atomic E-state index is 12.5. The molecule has 2 atom stereocenters. The number of aromatic nitrogens is 2. The maximum Gasteiger partial charge on any atom is 0.226 e. The standard InChI is InChI=1S/C23H25N5OS/c1-15-14-18(16(2)25-15)22-21(19-10-6-7-12-24-19)27-23(30)28(22)13-11-20(29)26-17-8-4-3-5-9-17/h3-10,12,14,21-22,25H,11,13H2,1-2H3,(H,26,29)(H,27,30). The first-order valence-corrected chi connectivity index (χ1v) is 10.4. The number of thiocarbonyl (C=S) groups is 1. The van der Waals surface area contributed by atoms with Crippen LogP contribution < -0.4 is 10.6 Å². The molecule has 0 saturated carbocycles. The zero-order chi connectivity index (χ0) is 21.1. The number of para-hydroxylation sites is 1. The number of H-pyrrole nitrogens is 1. The Morgan fingerprint density at radius 2 is 1.93 bits per heavy atom. The van der Waals surface area contributed by atoms with E-state index in [-0.39, 0.29) is 18.0 Å². The van der Waals surface area contributed by atoms with Crippen molar-refractivity contribution in [3.8, 4) is 0 Å². The van der Waals surface area contributed by atoms with Crippen molar-refractivity contribution in [2.75, 3.05) is 11.9 Å². The quantitative estimate of drug-likeness (QED) is 0.526. The summed E-state index contributed by atoms with van der Waals surface area (Å²) in [6.45, 7) is 4.63. The maximum atomic E-state index is 12.5. The lowest BCUT2D eigenvalue weighted by Crippen LogP contribution is -2.32. The van der Waals surface area contributed by atoms with E-state index in [1.54, 1.807) is 6.20 Å². The van der Waals surface area contributed by atoms with Crippen LogP contribution in [0.15, 0.2) is 60.8 Å². The highest BCUT2D eigenvalue weighted by Gasteiger charge is 2.40. The molecule has 1 saturated heterocycles. The van der Waals surface area contributed by atoms with Crippen LogP contribution in [0.4, 0.5) is 5.69 Å². The van der Waals surface area contributed by atoms with Crippen molar-refractivity contribution in [1.82, 2.24) is 20.2 Å². The van der Waals surface area contributed by atoms with Gasteiger partial charge in [0.15, 0.2) is 5.11 Å². The largest absolute Gasteiger partial charge is 0.362 e. The molecule has 0 aliphatic carbocycles. The van der Waals surface area contributed by atoms with Gasteiger partial charge in [-0.2, -0.15) is 0 Å². The number of pyridine rings is 1. The monoisotopic (exact) mass is 419 g/mol. The van der Waals surface area contributed by atoms with E-state index in [0.717, 1.165) is 22.8 Å². The van der Waals surface area contributed by atoms with E-state index in [9.17, 15) is 4.79 Å². The van der Waals surface area contributed by atoms with Gasteiger partial charge in [0.1, 0.15) is 0 Å². The second-order valence-electron chi connectivity index (χ2n) is 7.52. The molecule has 2 unspecified atom stereocenters. The van der Waals surface area contributed by atoms with E-state index >= 15 is 0 Å². The third-order valence-electron chi connectivity index (χ3n) is 5.34. The fraction of sp³-hybridized carbons (Fsp3) is 0.261. The summed E-state index contributed by atoms with van der Waals surface area (Å²) in [7, 11) is 0. The Bertz CT molecular complexity index is 1030. The Hall–Kier alpha value is -3.19. The van der Waals surface area contributed by atoms with Gasteiger partial charge in [-0.3, -0.25) is 9.78 Å². The van der Waals surface area contributed by atoms with E-state index in [4.69, 9.17) is 12.2 Å². The fourth-order valence-corrected chi connectivity index (χ4v) is 4.34. The number of nitrogens with one attached hydrogen (secondary N) is 3. The number of benzene rings is 1. The molecule has 3 N–H and O–H groups in total. The lowest BCUT2D eigenvalue weighted by Gasteiger charge is -2.27. The van der Waals surface area contributed by atoms with Gasteiger partial charge < -0.3 is 20.5 Å². The van der Waals surface area contributed by atoms with Crippen molar-refractivity contribution in [2.45, 2.75) is 32.4 Å². The second kappa shape index (κ2) is 8.67. The molecule has 1 amide bonds. The second-order valence-corrected chi connectivity index (χ2v) is 7.90. The molecular weight excluding hydrogens is 394 g/mol. The van der Waals surface area contributed by atoms with Gasteiger partial charge in [-0.05, 0) is 62.0 Å². The van der Waals surface area contributed by atoms with E-state index < -0.39 is 0 Å². The number of carbonyl (C=O) groups excluding carboxylic acids is 1. The van der Waals surface area contributed by atoms with Crippen molar-refractivity contribution < 1.29 is 4.79 Å². The van der Waals surface area contributed by atoms with Crippen molar-refractivity contribution in [2.24, 2.45) is 0 Å². The summed E-state index contributed by atoms with van der Waals surface area (Å²) in [5.41, 5.74) is 5.09. The minimum absolute atomic E-state index is 0.0361. The van der Waals surface area contributed by atoms with Gasteiger partial charge in [-0.15, -0.1) is 0 Å². The van der Waals surface area contributed by atoms with Gasteiger partial charge in [0.25, 0.3) is 0 Å². The SMILES string of the molecule is Cc1cc(C2C(c3ccccn3)NC(=S)N2CCC(=O)Nc2ccccc2)c(C)[nH]1. The summed E-state index contributed by atoms with van der Waals surface area (Å²) in [6, 6.07) is 17.4. The van der Waals surface area contributed by atoms with Crippen LogP contribution in [0.3, 0.4) is 0 Å². The van der Waals surface area contributed by atoms with Crippen LogP contribution in [0, 0.1) is 13.8 Å². The Labute approximate surface area is 181 Å². The zero-order valence-electron chi connectivity index (χ0n) is 17.1. The molecule has 0 radical (unpaired) electrons. The van der Waals surface area contributed by atoms with Gasteiger partial charge in [0, 0.05) is 36.2 Å². The molecule has 154 valence electrons. The third kappa shape index (κ3) is 4.21. The third-order valence-corrected chi connectivity index (χ3v) is 5.70. The molecule has 3 heterocycles. The average molecular weight is 420 g/mol. The Morgan fingerprint density at radius 1 is 1.17 bits per heavy atom. The van der Waals surface area contributed by atoms with Gasteiger partial charge in [0.2, 0.25) is 5.91 Å². The zero-order valence-corrected chi connectivity index (χ0v) is 17.9. The molecule has 1 aliphatic heterocycles. The highest BCUT2D eigenvalue weighted by atomic mass is 32.1. The van der Waals surface area contributed by atoms with Crippen LogP contribution in [0.1, 0.15) is 41.1 Å². The highest BCUT2D eigenvalue weighted by molar-refractivity contribution is 7.80. The van der Waals surface area contributed by atoms with Crippen LogP contribution in [-0.2, 0) is 4.79 Å². The number of nitrogens with zero attached hydrogens (tertiary/aromatic N) is 2. The number of carbonyl (C=O) groups is 1. The van der Waals surface area contributed by atoms with E-state index in [1.807, 2.05) is 55.5 Å². The van der Waals surface area contributed by atoms with E-state index in [1.165, 1.54) is 5.56 Å². The number of anilines is 1.